The molecule has 78 valence electrons. The summed E-state index contributed by atoms with van der Waals surface area (Å²) < 4.78 is 0. The number of nitrogens with two attached hydrogens (primary N) is 1. The van der Waals surface area contributed by atoms with Gasteiger partial charge < -0.3 is 5.73 Å². The lowest BCUT2D eigenvalue weighted by atomic mass is 9.91. The molecule has 0 bridgehead atoms. The Morgan fingerprint density at radius 2 is 1.86 bits per heavy atom. The van der Waals surface area contributed by atoms with Gasteiger partial charge in [0.1, 0.15) is 0 Å². The Hall–Kier alpha value is -0.530. The second-order valence-electron chi connectivity index (χ2n) is 3.79. The van der Waals surface area contributed by atoms with Crippen molar-refractivity contribution in [2.24, 2.45) is 5.73 Å². The van der Waals surface area contributed by atoms with Crippen LogP contribution in [0.3, 0.4) is 0 Å². The van der Waals surface area contributed by atoms with Crippen molar-refractivity contribution in [2.75, 3.05) is 0 Å². The first-order valence-electron chi connectivity index (χ1n) is 5.16. The van der Waals surface area contributed by atoms with Crippen LogP contribution in [-0.4, -0.2) is 6.04 Å². The predicted molar refractivity (Wildman–Crippen MR) is 62.8 cm³/mol. The fourth-order valence-electron chi connectivity index (χ4n) is 1.60. The zero-order valence-electron chi connectivity index (χ0n) is 8.83. The highest BCUT2D eigenvalue weighted by molar-refractivity contribution is 6.30. The smallest absolute Gasteiger partial charge is 0.0406 e. The number of hydrogen-bond acceptors (Lipinski definition) is 1. The molecule has 0 saturated heterocycles. The van der Waals surface area contributed by atoms with Crippen LogP contribution in [0.25, 0.3) is 0 Å². The first-order valence-corrected chi connectivity index (χ1v) is 5.54. The molecule has 2 heteroatoms. The molecule has 0 radical (unpaired) electrons. The Morgan fingerprint density at radius 3 is 2.36 bits per heavy atom. The Kier molecular flexibility index (Phi) is 4.43. The topological polar surface area (TPSA) is 26.0 Å². The summed E-state index contributed by atoms with van der Waals surface area (Å²) in [6, 6.07) is 8.21. The molecule has 0 fully saturated rings. The second-order valence-corrected chi connectivity index (χ2v) is 4.23. The molecular weight excluding hydrogens is 194 g/mol. The number of rotatable bonds is 4. The van der Waals surface area contributed by atoms with Crippen molar-refractivity contribution < 1.29 is 0 Å². The molecule has 1 aromatic carbocycles. The number of halogens is 1. The van der Waals surface area contributed by atoms with Gasteiger partial charge in [0, 0.05) is 11.1 Å². The summed E-state index contributed by atoms with van der Waals surface area (Å²) in [6.07, 6.45) is 2.21. The maximum Gasteiger partial charge on any atom is 0.0406 e. The zero-order valence-corrected chi connectivity index (χ0v) is 9.59. The Morgan fingerprint density at radius 1 is 1.29 bits per heavy atom. The molecule has 1 aromatic rings. The lowest BCUT2D eigenvalue weighted by Crippen LogP contribution is -2.26. The van der Waals surface area contributed by atoms with E-state index in [0.717, 1.165) is 17.9 Å². The molecule has 2 atom stereocenters. The molecule has 0 amide bonds. The third kappa shape index (κ3) is 3.00. The van der Waals surface area contributed by atoms with E-state index in [4.69, 9.17) is 17.3 Å². The highest BCUT2D eigenvalue weighted by Gasteiger charge is 2.13. The first-order chi connectivity index (χ1) is 6.65. The van der Waals surface area contributed by atoms with Crippen molar-refractivity contribution in [1.29, 1.82) is 0 Å². The third-order valence-corrected chi connectivity index (χ3v) is 2.91. The van der Waals surface area contributed by atoms with Gasteiger partial charge in [-0.1, -0.05) is 44.0 Å². The van der Waals surface area contributed by atoms with Crippen molar-refractivity contribution in [3.05, 3.63) is 34.9 Å². The van der Waals surface area contributed by atoms with Crippen LogP contribution in [0, 0.1) is 0 Å². The molecular formula is C12H18ClN. The average molecular weight is 212 g/mol. The monoisotopic (exact) mass is 211 g/mol. The minimum atomic E-state index is 0.251. The molecule has 14 heavy (non-hydrogen) atoms. The van der Waals surface area contributed by atoms with Crippen LogP contribution in [0.15, 0.2) is 24.3 Å². The van der Waals surface area contributed by atoms with E-state index in [1.807, 2.05) is 12.1 Å². The summed E-state index contributed by atoms with van der Waals surface area (Å²) >= 11 is 5.83. The average Bonchev–Trinajstić information content (AvgIpc) is 2.18. The maximum absolute atomic E-state index is 6.06. The van der Waals surface area contributed by atoms with Gasteiger partial charge in [-0.05, 0) is 30.0 Å². The van der Waals surface area contributed by atoms with E-state index in [9.17, 15) is 0 Å². The fraction of sp³-hybridized carbons (Fsp3) is 0.500. The van der Waals surface area contributed by atoms with E-state index >= 15 is 0 Å². The van der Waals surface area contributed by atoms with Crippen molar-refractivity contribution >= 4 is 11.6 Å². The summed E-state index contributed by atoms with van der Waals surface area (Å²) in [6.45, 7) is 4.33. The van der Waals surface area contributed by atoms with Crippen LogP contribution < -0.4 is 5.73 Å². The van der Waals surface area contributed by atoms with Gasteiger partial charge in [0.05, 0.1) is 0 Å². The molecule has 1 rings (SSSR count). The summed E-state index contributed by atoms with van der Waals surface area (Å²) in [7, 11) is 0. The largest absolute Gasteiger partial charge is 0.327 e. The van der Waals surface area contributed by atoms with E-state index in [0.29, 0.717) is 5.92 Å². The summed E-state index contributed by atoms with van der Waals surface area (Å²) in [5.41, 5.74) is 7.34. The molecule has 1 nitrogen and oxygen atoms in total. The van der Waals surface area contributed by atoms with Crippen molar-refractivity contribution in [1.82, 2.24) is 0 Å². The molecule has 0 aliphatic heterocycles. The van der Waals surface area contributed by atoms with E-state index < -0.39 is 0 Å². The highest BCUT2D eigenvalue weighted by Crippen LogP contribution is 2.22. The number of benzene rings is 1. The molecule has 2 unspecified atom stereocenters. The van der Waals surface area contributed by atoms with Gasteiger partial charge in [0.2, 0.25) is 0 Å². The lowest BCUT2D eigenvalue weighted by molar-refractivity contribution is 0.522. The van der Waals surface area contributed by atoms with E-state index in [-0.39, 0.29) is 6.04 Å². The molecule has 0 aliphatic carbocycles. The van der Waals surface area contributed by atoms with E-state index in [1.54, 1.807) is 0 Å². The van der Waals surface area contributed by atoms with E-state index in [2.05, 4.69) is 26.0 Å². The zero-order chi connectivity index (χ0) is 10.6. The van der Waals surface area contributed by atoms with Crippen LogP contribution in [0.2, 0.25) is 5.02 Å². The van der Waals surface area contributed by atoms with Crippen molar-refractivity contribution in [3.8, 4) is 0 Å². The lowest BCUT2D eigenvalue weighted by Gasteiger charge is -2.19. The quantitative estimate of drug-likeness (QED) is 0.810. The summed E-state index contributed by atoms with van der Waals surface area (Å²) in [5.74, 6) is 0.409. The van der Waals surface area contributed by atoms with Crippen molar-refractivity contribution in [3.63, 3.8) is 0 Å². The Bertz CT molecular complexity index is 268. The standard InChI is InChI=1S/C12H18ClN/c1-3-4-12(14)9(2)10-5-7-11(13)8-6-10/h5-9,12H,3-4,14H2,1-2H3. The van der Waals surface area contributed by atoms with Crippen LogP contribution in [-0.2, 0) is 0 Å². The van der Waals surface area contributed by atoms with Crippen LogP contribution in [0.1, 0.15) is 38.2 Å². The Balaban J connectivity index is 2.68. The van der Waals surface area contributed by atoms with Gasteiger partial charge in [0.25, 0.3) is 0 Å². The van der Waals surface area contributed by atoms with Gasteiger partial charge in [-0.15, -0.1) is 0 Å². The Labute approximate surface area is 91.3 Å². The molecule has 0 spiro atoms. The van der Waals surface area contributed by atoms with E-state index in [1.165, 1.54) is 5.56 Å². The van der Waals surface area contributed by atoms with Crippen molar-refractivity contribution in [2.45, 2.75) is 38.6 Å². The van der Waals surface area contributed by atoms with Gasteiger partial charge in [-0.3, -0.25) is 0 Å². The van der Waals surface area contributed by atoms with Crippen LogP contribution in [0.5, 0.6) is 0 Å². The van der Waals surface area contributed by atoms with Gasteiger partial charge >= 0.3 is 0 Å². The molecule has 2 N–H and O–H groups in total. The fourth-order valence-corrected chi connectivity index (χ4v) is 1.72. The molecule has 0 saturated carbocycles. The molecule has 0 aromatic heterocycles. The molecule has 0 heterocycles. The van der Waals surface area contributed by atoms with Crippen LogP contribution in [0.4, 0.5) is 0 Å². The van der Waals surface area contributed by atoms with Crippen LogP contribution >= 0.6 is 11.6 Å². The predicted octanol–water partition coefficient (Wildman–Crippen LogP) is 3.57. The summed E-state index contributed by atoms with van der Waals surface area (Å²) in [4.78, 5) is 0. The maximum atomic E-state index is 6.06. The SMILES string of the molecule is CCCC(N)C(C)c1ccc(Cl)cc1. The minimum Gasteiger partial charge on any atom is -0.327 e. The highest BCUT2D eigenvalue weighted by atomic mass is 35.5. The normalized spacial score (nSPS) is 15.1. The minimum absolute atomic E-state index is 0.251. The molecule has 0 aliphatic rings. The van der Waals surface area contributed by atoms with Gasteiger partial charge in [0.15, 0.2) is 0 Å². The second kappa shape index (κ2) is 5.38. The summed E-state index contributed by atoms with van der Waals surface area (Å²) in [5, 5.41) is 0.782. The van der Waals surface area contributed by atoms with Gasteiger partial charge in [-0.2, -0.15) is 0 Å². The van der Waals surface area contributed by atoms with Gasteiger partial charge in [-0.25, -0.2) is 0 Å². The number of hydrogen-bond donors (Lipinski definition) is 1. The first kappa shape index (κ1) is 11.5. The third-order valence-electron chi connectivity index (χ3n) is 2.66.